The van der Waals surface area contributed by atoms with Crippen molar-refractivity contribution in [2.24, 2.45) is 0 Å². The van der Waals surface area contributed by atoms with Gasteiger partial charge in [-0.25, -0.2) is 24.0 Å². The molecule has 15 amide bonds. The molecule has 15 atom stereocenters. The first-order valence-corrected chi connectivity index (χ1v) is 42.1. The van der Waals surface area contributed by atoms with Crippen LogP contribution in [0.1, 0.15) is 264 Å². The molecule has 10 aliphatic heterocycles. The molecule has 120 heavy (non-hydrogen) atoms. The number of carbonyl (C=O) groups is 20. The Morgan fingerprint density at radius 3 is 0.450 bits per heavy atom. The maximum absolute atomic E-state index is 12.2. The molecular weight excluding hydrogens is 1570 g/mol. The van der Waals surface area contributed by atoms with Crippen molar-refractivity contribution in [3.05, 3.63) is 0 Å². The Hall–Kier alpha value is -9.80. The lowest BCUT2D eigenvalue weighted by molar-refractivity contribution is -0.198. The fraction of sp³-hybridized carbons (Fsp3) is 0.750. The molecule has 15 unspecified atom stereocenters. The minimum Gasteiger partial charge on any atom is -0.342 e. The van der Waals surface area contributed by atoms with E-state index in [1.165, 1.54) is 34.6 Å². The second-order valence-electron chi connectivity index (χ2n) is 32.9. The summed E-state index contributed by atoms with van der Waals surface area (Å²) in [7, 11) is 0. The zero-order valence-corrected chi connectivity index (χ0v) is 72.1. The number of hydrogen-bond acceptors (Lipinski definition) is 30. The predicted octanol–water partition coefficient (Wildman–Crippen LogP) is 1.81. The molecule has 40 nitrogen and oxygen atoms in total. The van der Waals surface area contributed by atoms with Gasteiger partial charge in [0.05, 0.1) is 32.7 Å². The van der Waals surface area contributed by atoms with Crippen LogP contribution in [0.2, 0.25) is 0 Å². The molecular formula is C80H125N15O25. The van der Waals surface area contributed by atoms with Crippen LogP contribution < -0.4 is 26.6 Å². The molecule has 0 aromatic rings. The van der Waals surface area contributed by atoms with E-state index in [-0.39, 0.29) is 126 Å². The van der Waals surface area contributed by atoms with Gasteiger partial charge >= 0.3 is 29.8 Å². The van der Waals surface area contributed by atoms with Crippen LogP contribution in [0.4, 0.5) is 0 Å². The minimum atomic E-state index is -0.936. The molecule has 10 saturated heterocycles. The molecule has 0 aliphatic carbocycles. The number of likely N-dealkylation sites (tertiary alicyclic amines) is 5. The Kier molecular flexibility index (Phi) is 38.7. The first-order chi connectivity index (χ1) is 56.5. The molecule has 10 aliphatic rings. The molecule has 5 N–H and O–H groups in total. The Balaban J connectivity index is 0.000000233. The van der Waals surface area contributed by atoms with E-state index in [4.69, 9.17) is 24.2 Å². The van der Waals surface area contributed by atoms with Gasteiger partial charge in [-0.1, -0.05) is 32.1 Å². The first-order valence-electron chi connectivity index (χ1n) is 42.1. The number of rotatable bonds is 25. The van der Waals surface area contributed by atoms with E-state index in [1.54, 1.807) is 0 Å². The summed E-state index contributed by atoms with van der Waals surface area (Å²) in [5.41, 5.74) is 0. The molecule has 670 valence electrons. The number of imide groups is 5. The molecule has 0 spiro atoms. The van der Waals surface area contributed by atoms with Crippen molar-refractivity contribution in [1.29, 1.82) is 0 Å². The second kappa shape index (κ2) is 46.8. The summed E-state index contributed by atoms with van der Waals surface area (Å²) in [5.74, 6) is -10.9. The number of hydroxylamine groups is 10. The smallest absolute Gasteiger partial charge is 0.342 e. The molecule has 0 radical (unpaired) electrons. The third kappa shape index (κ3) is 29.5. The fourth-order valence-electron chi connectivity index (χ4n) is 15.6. The van der Waals surface area contributed by atoms with Gasteiger partial charge in [-0.3, -0.25) is 96.4 Å². The third-order valence-electron chi connectivity index (χ3n) is 23.1. The highest BCUT2D eigenvalue weighted by molar-refractivity contribution is 6.05. The quantitative estimate of drug-likeness (QED) is 0.0814. The van der Waals surface area contributed by atoms with Crippen LogP contribution in [0.3, 0.4) is 0 Å². The molecule has 10 fully saturated rings. The summed E-state index contributed by atoms with van der Waals surface area (Å²) in [4.78, 5) is 270. The van der Waals surface area contributed by atoms with Crippen LogP contribution in [-0.2, 0) is 120 Å². The van der Waals surface area contributed by atoms with Crippen molar-refractivity contribution < 1.29 is 120 Å². The van der Waals surface area contributed by atoms with Gasteiger partial charge in [0.2, 0.25) is 29.5 Å². The van der Waals surface area contributed by atoms with Gasteiger partial charge in [-0.15, -0.1) is 25.3 Å². The lowest BCUT2D eigenvalue weighted by atomic mass is 9.97. The highest BCUT2D eigenvalue weighted by Gasteiger charge is 2.42. The van der Waals surface area contributed by atoms with Crippen molar-refractivity contribution >= 4 is 118 Å². The molecule has 40 heteroatoms. The number of piperidine rings is 5. The van der Waals surface area contributed by atoms with E-state index in [9.17, 15) is 95.9 Å². The van der Waals surface area contributed by atoms with Gasteiger partial charge in [0.15, 0.2) is 0 Å². The van der Waals surface area contributed by atoms with Gasteiger partial charge in [0.25, 0.3) is 59.1 Å². The molecule has 0 aromatic carbocycles. The van der Waals surface area contributed by atoms with E-state index in [0.29, 0.717) is 85.7 Å². The van der Waals surface area contributed by atoms with Gasteiger partial charge < -0.3 is 50.8 Å². The van der Waals surface area contributed by atoms with E-state index >= 15 is 0 Å². The third-order valence-corrected chi connectivity index (χ3v) is 23.1. The Bertz CT molecular complexity index is 3090. The first kappa shape index (κ1) is 99.0. The lowest BCUT2D eigenvalue weighted by Crippen LogP contribution is -2.51. The summed E-state index contributed by atoms with van der Waals surface area (Å²) in [6, 6.07) is -1.47. The summed E-state index contributed by atoms with van der Waals surface area (Å²) in [6.07, 6.45) is 16.7. The van der Waals surface area contributed by atoms with E-state index in [0.717, 1.165) is 96.3 Å². The number of carbonyl (C=O) groups excluding carboxylic acids is 20. The van der Waals surface area contributed by atoms with Crippen LogP contribution in [0.25, 0.3) is 0 Å². The summed E-state index contributed by atoms with van der Waals surface area (Å²) in [5, 5.41) is 15.3. The highest BCUT2D eigenvalue weighted by atomic mass is 16.7. The molecule has 0 saturated carbocycles. The Labute approximate surface area is 699 Å². The van der Waals surface area contributed by atoms with Crippen molar-refractivity contribution in [3.8, 4) is 0 Å². The predicted molar refractivity (Wildman–Crippen MR) is 421 cm³/mol. The van der Waals surface area contributed by atoms with E-state index < -0.39 is 119 Å². The summed E-state index contributed by atoms with van der Waals surface area (Å²) >= 11 is 0. The normalized spacial score (nSPS) is 26.4. The van der Waals surface area contributed by atoms with Gasteiger partial charge in [0, 0.05) is 125 Å². The average molecular weight is 1700 g/mol. The minimum absolute atomic E-state index is 0.0393. The fourth-order valence-corrected chi connectivity index (χ4v) is 15.6. The van der Waals surface area contributed by atoms with Gasteiger partial charge in [0.1, 0.15) is 30.2 Å². The lowest BCUT2D eigenvalue weighted by Gasteiger charge is -2.38. The Morgan fingerprint density at radius 1 is 0.233 bits per heavy atom. The second-order valence-corrected chi connectivity index (χ2v) is 32.9. The number of hydrogen-bond donors (Lipinski definition) is 5. The monoisotopic (exact) mass is 1700 g/mol. The summed E-state index contributed by atoms with van der Waals surface area (Å²) in [6.45, 7) is 29.3. The maximum Gasteiger partial charge on any atom is 0.354 e. The van der Waals surface area contributed by atoms with Crippen LogP contribution >= 0.6 is 0 Å². The zero-order valence-electron chi connectivity index (χ0n) is 72.1. The van der Waals surface area contributed by atoms with Crippen molar-refractivity contribution in [2.75, 3.05) is 32.7 Å². The van der Waals surface area contributed by atoms with Crippen LogP contribution in [-0.4, -0.2) is 292 Å². The maximum atomic E-state index is 12.2. The van der Waals surface area contributed by atoms with Crippen molar-refractivity contribution in [3.63, 3.8) is 0 Å². The summed E-state index contributed by atoms with van der Waals surface area (Å²) < 4.78 is 0. The van der Waals surface area contributed by atoms with E-state index in [2.05, 4.69) is 120 Å². The molecule has 0 aromatic heterocycles. The largest absolute Gasteiger partial charge is 0.354 e. The Morgan fingerprint density at radius 2 is 0.342 bits per heavy atom. The van der Waals surface area contributed by atoms with Crippen molar-refractivity contribution in [1.82, 2.24) is 76.4 Å². The molecule has 10 rings (SSSR count). The van der Waals surface area contributed by atoms with Gasteiger partial charge in [-0.2, -0.15) is 0 Å². The van der Waals surface area contributed by atoms with Crippen molar-refractivity contribution in [2.45, 2.75) is 355 Å². The molecule has 10 heterocycles. The SMILES string of the molecule is CC(NC(=O)CN1C(C)CCCC1C)C(=O)ON1C(=O)CCC1=O.CC(NC(=O)CN1C(C)CCCC1C)C(=O)ON1C(=O)CCC1=O.CC(NC(=O)CN1C(C)CCCC1C)C(=O)ON1C(=O)CCC1=O.CC(NC(=O)CN1C(C)CCCC1C)C(=O)ON1C(=O)CCC1=O.CC(NC(=O)CN1C(C)CCCC1C)C(=O)ON1C(=O)CCC1=O. The average Bonchev–Trinajstić information content (AvgIpc) is 1.68. The number of nitrogens with zero attached hydrogens (tertiary/aromatic N) is 10. The number of nitrogens with one attached hydrogen (secondary N) is 5. The highest BCUT2D eigenvalue weighted by Crippen LogP contribution is 2.28. The standard InChI is InChI=1S/5C16H25N3O5/c5*1-10-5-4-6-11(2)18(10)9-13(20)17-12(3)16(23)24-19-14(21)7-8-15(19)22/h5*10-12H,4-9H2,1-3H3,(H,17,20). The van der Waals surface area contributed by atoms with E-state index in [1.807, 2.05) is 0 Å². The van der Waals surface area contributed by atoms with Crippen LogP contribution in [0.5, 0.6) is 0 Å². The zero-order chi connectivity index (χ0) is 89.3. The van der Waals surface area contributed by atoms with Crippen LogP contribution in [0, 0.1) is 0 Å². The number of amides is 15. The van der Waals surface area contributed by atoms with Crippen LogP contribution in [0.15, 0.2) is 0 Å². The van der Waals surface area contributed by atoms with Gasteiger partial charge in [-0.05, 0) is 168 Å². The topological polar surface area (TPSA) is 480 Å². The molecule has 0 bridgehead atoms.